The Bertz CT molecular complexity index is 1210. The van der Waals surface area contributed by atoms with Crippen LogP contribution in [0.5, 0.6) is 0 Å². The van der Waals surface area contributed by atoms with E-state index in [1.54, 1.807) is 18.3 Å². The lowest BCUT2D eigenvalue weighted by Crippen LogP contribution is -2.17. The molecular weight excluding hydrogens is 415 g/mol. The van der Waals surface area contributed by atoms with Crippen LogP contribution in [0.1, 0.15) is 23.2 Å². The summed E-state index contributed by atoms with van der Waals surface area (Å²) >= 11 is 1.36. The molecule has 2 aromatic carbocycles. The van der Waals surface area contributed by atoms with E-state index in [2.05, 4.69) is 15.2 Å². The summed E-state index contributed by atoms with van der Waals surface area (Å²) in [6.45, 7) is 1.35. The van der Waals surface area contributed by atoms with Gasteiger partial charge in [0, 0.05) is 34.8 Å². The molecule has 1 saturated heterocycles. The number of rotatable bonds is 7. The number of thioether (sulfide) groups is 1. The molecule has 3 heterocycles. The predicted octanol–water partition coefficient (Wildman–Crippen LogP) is 4.72. The summed E-state index contributed by atoms with van der Waals surface area (Å²) in [5.41, 5.74) is 2.39. The second-order valence-electron chi connectivity index (χ2n) is 7.52. The summed E-state index contributed by atoms with van der Waals surface area (Å²) in [4.78, 5) is 16.0. The number of Topliss-reactive ketones (excluding diaryl/α,β-unsaturated/α-hetero) is 1. The first-order valence-electron chi connectivity index (χ1n) is 10.2. The molecule has 1 unspecified atom stereocenters. The number of fused-ring (bicyclic) bond motifs is 1. The predicted molar refractivity (Wildman–Crippen MR) is 118 cm³/mol. The van der Waals surface area contributed by atoms with Crippen molar-refractivity contribution in [1.29, 1.82) is 0 Å². The molecular formula is C23H21FN4O2S. The van der Waals surface area contributed by atoms with Gasteiger partial charge in [-0.15, -0.1) is 10.2 Å². The van der Waals surface area contributed by atoms with Crippen LogP contribution in [0.25, 0.3) is 22.3 Å². The fraction of sp³-hybridized carbons (Fsp3) is 0.261. The van der Waals surface area contributed by atoms with Crippen molar-refractivity contribution in [1.82, 2.24) is 19.7 Å². The molecule has 4 aromatic rings. The molecule has 1 fully saturated rings. The molecule has 1 atom stereocenters. The number of ketones is 1. The standard InChI is InChI=1S/C23H21FN4O2S/c24-16-9-7-15(8-10-16)22-26-27-23(28(22)13-17-4-3-11-30-17)31-14-21(29)19-12-25-20-6-2-1-5-18(19)20/h1-2,5-10,12,17,25H,3-4,11,13-14H2. The van der Waals surface area contributed by atoms with E-state index in [0.717, 1.165) is 35.9 Å². The number of carbonyl (C=O) groups is 1. The number of para-hydroxylation sites is 1. The average molecular weight is 437 g/mol. The van der Waals surface area contributed by atoms with Crippen LogP contribution in [0, 0.1) is 5.82 Å². The van der Waals surface area contributed by atoms with Crippen LogP contribution < -0.4 is 0 Å². The zero-order valence-corrected chi connectivity index (χ0v) is 17.6. The van der Waals surface area contributed by atoms with Gasteiger partial charge in [0.25, 0.3) is 0 Å². The number of benzene rings is 2. The van der Waals surface area contributed by atoms with Crippen LogP contribution in [0.3, 0.4) is 0 Å². The van der Waals surface area contributed by atoms with Crippen molar-refractivity contribution in [3.63, 3.8) is 0 Å². The summed E-state index contributed by atoms with van der Waals surface area (Å²) in [7, 11) is 0. The quantitative estimate of drug-likeness (QED) is 0.335. The van der Waals surface area contributed by atoms with E-state index in [1.807, 2.05) is 28.8 Å². The lowest BCUT2D eigenvalue weighted by Gasteiger charge is -2.14. The Morgan fingerprint density at radius 2 is 2.03 bits per heavy atom. The molecule has 0 saturated carbocycles. The minimum atomic E-state index is -0.298. The first-order chi connectivity index (χ1) is 15.2. The normalized spacial score (nSPS) is 16.2. The van der Waals surface area contributed by atoms with Gasteiger partial charge in [-0.3, -0.25) is 9.36 Å². The van der Waals surface area contributed by atoms with Crippen molar-refractivity contribution in [3.8, 4) is 11.4 Å². The number of aromatic nitrogens is 4. The van der Waals surface area contributed by atoms with E-state index in [-0.39, 0.29) is 23.5 Å². The van der Waals surface area contributed by atoms with Crippen molar-refractivity contribution in [2.75, 3.05) is 12.4 Å². The maximum absolute atomic E-state index is 13.4. The SMILES string of the molecule is O=C(CSc1nnc(-c2ccc(F)cc2)n1CC1CCCO1)c1c[nH]c2ccccc12. The Balaban J connectivity index is 1.40. The van der Waals surface area contributed by atoms with E-state index >= 15 is 0 Å². The molecule has 0 aliphatic carbocycles. The van der Waals surface area contributed by atoms with E-state index in [9.17, 15) is 9.18 Å². The van der Waals surface area contributed by atoms with Crippen LogP contribution in [0.4, 0.5) is 4.39 Å². The molecule has 0 spiro atoms. The molecule has 0 bridgehead atoms. The maximum Gasteiger partial charge on any atom is 0.192 e. The molecule has 0 radical (unpaired) electrons. The zero-order chi connectivity index (χ0) is 21.2. The van der Waals surface area contributed by atoms with Gasteiger partial charge in [-0.05, 0) is 43.2 Å². The van der Waals surface area contributed by atoms with Gasteiger partial charge in [-0.25, -0.2) is 4.39 Å². The van der Waals surface area contributed by atoms with Crippen LogP contribution in [0.2, 0.25) is 0 Å². The Kier molecular flexibility index (Phi) is 5.57. The summed E-state index contributed by atoms with van der Waals surface area (Å²) in [5, 5.41) is 10.3. The minimum Gasteiger partial charge on any atom is -0.376 e. The second-order valence-corrected chi connectivity index (χ2v) is 8.46. The van der Waals surface area contributed by atoms with Crippen molar-refractivity contribution in [3.05, 3.63) is 66.1 Å². The van der Waals surface area contributed by atoms with Gasteiger partial charge < -0.3 is 9.72 Å². The van der Waals surface area contributed by atoms with Gasteiger partial charge >= 0.3 is 0 Å². The third-order valence-corrected chi connectivity index (χ3v) is 6.42. The Morgan fingerprint density at radius 1 is 1.19 bits per heavy atom. The number of H-pyrrole nitrogens is 1. The van der Waals surface area contributed by atoms with Gasteiger partial charge in [0.2, 0.25) is 0 Å². The fourth-order valence-corrected chi connectivity index (χ4v) is 4.71. The van der Waals surface area contributed by atoms with E-state index in [4.69, 9.17) is 4.74 Å². The van der Waals surface area contributed by atoms with E-state index in [1.165, 1.54) is 23.9 Å². The average Bonchev–Trinajstić information content (AvgIpc) is 3.53. The molecule has 31 heavy (non-hydrogen) atoms. The number of halogens is 1. The molecule has 0 amide bonds. The molecule has 6 nitrogen and oxygen atoms in total. The van der Waals surface area contributed by atoms with Gasteiger partial charge in [-0.1, -0.05) is 30.0 Å². The highest BCUT2D eigenvalue weighted by Gasteiger charge is 2.23. The number of hydrogen-bond acceptors (Lipinski definition) is 5. The van der Waals surface area contributed by atoms with Crippen LogP contribution in [0.15, 0.2) is 59.9 Å². The number of hydrogen-bond donors (Lipinski definition) is 1. The number of aromatic amines is 1. The van der Waals surface area contributed by atoms with Crippen LogP contribution >= 0.6 is 11.8 Å². The third-order valence-electron chi connectivity index (χ3n) is 5.45. The highest BCUT2D eigenvalue weighted by molar-refractivity contribution is 7.99. The van der Waals surface area contributed by atoms with Crippen LogP contribution in [-0.2, 0) is 11.3 Å². The number of nitrogens with one attached hydrogen (secondary N) is 1. The first kappa shape index (κ1) is 20.0. The minimum absolute atomic E-state index is 0.0254. The summed E-state index contributed by atoms with van der Waals surface area (Å²) < 4.78 is 21.2. The third kappa shape index (κ3) is 4.13. The van der Waals surface area contributed by atoms with E-state index < -0.39 is 0 Å². The second kappa shape index (κ2) is 8.64. The zero-order valence-electron chi connectivity index (χ0n) is 16.8. The fourth-order valence-electron chi connectivity index (χ4n) is 3.87. The molecule has 2 aromatic heterocycles. The maximum atomic E-state index is 13.4. The summed E-state index contributed by atoms with van der Waals surface area (Å²) in [6.07, 6.45) is 3.84. The number of carbonyl (C=O) groups excluding carboxylic acids is 1. The topological polar surface area (TPSA) is 72.8 Å². The summed E-state index contributed by atoms with van der Waals surface area (Å²) in [6, 6.07) is 14.0. The molecule has 8 heteroatoms. The Hall–Kier alpha value is -2.97. The highest BCUT2D eigenvalue weighted by Crippen LogP contribution is 2.28. The molecule has 158 valence electrons. The van der Waals surface area contributed by atoms with E-state index in [0.29, 0.717) is 23.1 Å². The van der Waals surface area contributed by atoms with Crippen molar-refractivity contribution in [2.45, 2.75) is 30.6 Å². The Labute approximate surface area is 182 Å². The van der Waals surface area contributed by atoms with Gasteiger partial charge in [0.15, 0.2) is 16.8 Å². The first-order valence-corrected chi connectivity index (χ1v) is 11.2. The van der Waals surface area contributed by atoms with Gasteiger partial charge in [-0.2, -0.15) is 0 Å². The molecule has 5 rings (SSSR count). The molecule has 1 N–H and O–H groups in total. The highest BCUT2D eigenvalue weighted by atomic mass is 32.2. The van der Waals surface area contributed by atoms with Crippen molar-refractivity contribution in [2.24, 2.45) is 0 Å². The van der Waals surface area contributed by atoms with Gasteiger partial charge in [0.05, 0.1) is 18.4 Å². The molecule has 1 aliphatic rings. The molecule has 1 aliphatic heterocycles. The number of ether oxygens (including phenoxy) is 1. The smallest absolute Gasteiger partial charge is 0.192 e. The lowest BCUT2D eigenvalue weighted by molar-refractivity contribution is 0.0953. The number of nitrogens with zero attached hydrogens (tertiary/aromatic N) is 3. The lowest BCUT2D eigenvalue weighted by atomic mass is 10.1. The van der Waals surface area contributed by atoms with Gasteiger partial charge in [0.1, 0.15) is 5.82 Å². The monoisotopic (exact) mass is 436 g/mol. The Morgan fingerprint density at radius 3 is 2.84 bits per heavy atom. The van der Waals surface area contributed by atoms with Crippen LogP contribution in [-0.4, -0.2) is 44.0 Å². The largest absolute Gasteiger partial charge is 0.376 e. The van der Waals surface area contributed by atoms with Crippen molar-refractivity contribution >= 4 is 28.4 Å². The van der Waals surface area contributed by atoms with Crippen molar-refractivity contribution < 1.29 is 13.9 Å². The summed E-state index contributed by atoms with van der Waals surface area (Å²) in [5.74, 6) is 0.623.